The topological polar surface area (TPSA) is 143 Å². The molecule has 3 N–H and O–H groups in total. The maximum atomic E-state index is 14.7. The molecule has 276 valence electrons. The Morgan fingerprint density at radius 3 is 2.25 bits per heavy atom. The molecule has 0 bridgehead atoms. The Morgan fingerprint density at radius 1 is 0.885 bits per heavy atom. The molecule has 2 unspecified atom stereocenters. The van der Waals surface area contributed by atoms with Crippen LogP contribution in [0.2, 0.25) is 0 Å². The third-order valence-electron chi connectivity index (χ3n) is 9.56. The van der Waals surface area contributed by atoms with Crippen molar-refractivity contribution in [1.82, 2.24) is 15.5 Å². The van der Waals surface area contributed by atoms with Gasteiger partial charge in [-0.15, -0.1) is 0 Å². The number of carbonyl (C=O) groups is 5. The highest BCUT2D eigenvalue weighted by Gasteiger charge is 2.44. The summed E-state index contributed by atoms with van der Waals surface area (Å²) in [4.78, 5) is 68.6. The van der Waals surface area contributed by atoms with Gasteiger partial charge < -0.3 is 30.3 Å². The van der Waals surface area contributed by atoms with Crippen molar-refractivity contribution in [3.8, 4) is 0 Å². The van der Waals surface area contributed by atoms with Gasteiger partial charge in [-0.05, 0) is 119 Å². The van der Waals surface area contributed by atoms with Crippen LogP contribution < -0.4 is 16.0 Å². The minimum atomic E-state index is -1.03. The largest absolute Gasteiger partial charge is 0.465 e. The number of benzene rings is 3. The predicted octanol–water partition coefficient (Wildman–Crippen LogP) is 6.21. The number of fused-ring (bicyclic) bond motifs is 2. The number of hydrogen-bond donors (Lipinski definition) is 3. The Labute approximate surface area is 309 Å². The minimum Gasteiger partial charge on any atom is -0.465 e. The van der Waals surface area contributed by atoms with Gasteiger partial charge >= 0.3 is 12.1 Å². The Kier molecular flexibility index (Phi) is 11.7. The molecule has 0 aromatic heterocycles. The number of esters is 1. The predicted molar refractivity (Wildman–Crippen MR) is 201 cm³/mol. The normalized spacial score (nSPS) is 17.5. The highest BCUT2D eigenvalue weighted by Crippen LogP contribution is 2.34. The first-order valence-electron chi connectivity index (χ1n) is 17.4. The fourth-order valence-electron chi connectivity index (χ4n) is 6.62. The number of rotatable bonds is 9. The molecule has 5 rings (SSSR count). The molecule has 3 aromatic rings. The number of amides is 4. The van der Waals surface area contributed by atoms with Gasteiger partial charge in [-0.3, -0.25) is 14.4 Å². The third-order valence-corrected chi connectivity index (χ3v) is 10.9. The van der Waals surface area contributed by atoms with Crippen LogP contribution in [-0.2, 0) is 38.4 Å². The van der Waals surface area contributed by atoms with Crippen LogP contribution in [0.4, 0.5) is 10.5 Å². The van der Waals surface area contributed by atoms with Crippen LogP contribution in [0.3, 0.4) is 0 Å². The number of thioether (sulfide) groups is 1. The van der Waals surface area contributed by atoms with E-state index in [4.69, 9.17) is 9.47 Å². The highest BCUT2D eigenvalue weighted by atomic mass is 32.2. The van der Waals surface area contributed by atoms with E-state index < -0.39 is 40.4 Å². The lowest BCUT2D eigenvalue weighted by atomic mass is 9.87. The standard InChI is InChI=1S/C40H48N4O7S/c1-39(2,3)51-38(49)43-33(40(4,5)52-7)36(47)44-23-28-21-29(41-34(45)25-15-17-26(18-16-25)37(48)50-6)20-19-27(28)22-32(44)35(46)42-31-14-10-12-24-11-8-9-13-30(24)31/h8-9,11,13,15-21,31-33H,10,12,14,22-23H2,1-7H3,(H,41,45)(H,42,46)(H,43,49)/t31?,32-,33?/m0/s1. The molecular weight excluding hydrogens is 681 g/mol. The Hall–Kier alpha value is -4.84. The zero-order chi connectivity index (χ0) is 37.8. The molecule has 1 aliphatic carbocycles. The molecule has 1 heterocycles. The fourth-order valence-corrected chi connectivity index (χ4v) is 7.02. The number of ether oxygens (including phenoxy) is 2. The van der Waals surface area contributed by atoms with Crippen LogP contribution in [0, 0.1) is 0 Å². The second-order valence-electron chi connectivity index (χ2n) is 14.7. The first-order chi connectivity index (χ1) is 24.6. The van der Waals surface area contributed by atoms with E-state index in [9.17, 15) is 24.0 Å². The summed E-state index contributed by atoms with van der Waals surface area (Å²) < 4.78 is 9.53. The number of anilines is 1. The molecule has 11 nitrogen and oxygen atoms in total. The number of methoxy groups -OCH3 is 1. The lowest BCUT2D eigenvalue weighted by molar-refractivity contribution is -0.144. The Bertz CT molecular complexity index is 1840. The monoisotopic (exact) mass is 728 g/mol. The number of nitrogens with one attached hydrogen (secondary N) is 3. The Balaban J connectivity index is 1.45. The van der Waals surface area contributed by atoms with Crippen LogP contribution in [-0.4, -0.2) is 70.5 Å². The van der Waals surface area contributed by atoms with E-state index in [-0.39, 0.29) is 30.8 Å². The van der Waals surface area contributed by atoms with Crippen LogP contribution in [0.5, 0.6) is 0 Å². The molecule has 52 heavy (non-hydrogen) atoms. The minimum absolute atomic E-state index is 0.0714. The quantitative estimate of drug-likeness (QED) is 0.221. The molecule has 1 aliphatic heterocycles. The van der Waals surface area contributed by atoms with Crippen LogP contribution in [0.15, 0.2) is 66.7 Å². The smallest absolute Gasteiger partial charge is 0.408 e. The van der Waals surface area contributed by atoms with E-state index in [1.54, 1.807) is 49.9 Å². The molecule has 2 aliphatic rings. The Morgan fingerprint density at radius 2 is 1.58 bits per heavy atom. The van der Waals surface area contributed by atoms with Crippen molar-refractivity contribution in [3.05, 3.63) is 100 Å². The second kappa shape index (κ2) is 15.8. The van der Waals surface area contributed by atoms with Crippen molar-refractivity contribution < 1.29 is 33.4 Å². The molecule has 0 saturated heterocycles. The van der Waals surface area contributed by atoms with Crippen molar-refractivity contribution in [1.29, 1.82) is 0 Å². The van der Waals surface area contributed by atoms with Gasteiger partial charge in [0.1, 0.15) is 17.7 Å². The summed E-state index contributed by atoms with van der Waals surface area (Å²) in [7, 11) is 1.29. The summed E-state index contributed by atoms with van der Waals surface area (Å²) in [6, 6.07) is 17.6. The summed E-state index contributed by atoms with van der Waals surface area (Å²) in [6.07, 6.45) is 4.05. The lowest BCUT2D eigenvalue weighted by Crippen LogP contribution is -2.62. The summed E-state index contributed by atoms with van der Waals surface area (Å²) in [5, 5.41) is 8.98. The molecule has 0 radical (unpaired) electrons. The maximum absolute atomic E-state index is 14.7. The van der Waals surface area contributed by atoms with Gasteiger partial charge in [-0.1, -0.05) is 30.3 Å². The molecule has 0 saturated carbocycles. The van der Waals surface area contributed by atoms with Gasteiger partial charge in [0.15, 0.2) is 0 Å². The molecular formula is C40H48N4O7S. The number of nitrogens with zero attached hydrogens (tertiary/aromatic N) is 1. The van der Waals surface area contributed by atoms with E-state index in [2.05, 4.69) is 22.0 Å². The van der Waals surface area contributed by atoms with Crippen molar-refractivity contribution in [2.75, 3.05) is 18.7 Å². The van der Waals surface area contributed by atoms with E-state index in [0.717, 1.165) is 36.0 Å². The van der Waals surface area contributed by atoms with Gasteiger partial charge in [0.25, 0.3) is 5.91 Å². The molecule has 0 fully saturated rings. The van der Waals surface area contributed by atoms with E-state index in [0.29, 0.717) is 16.8 Å². The first kappa shape index (κ1) is 38.4. The molecule has 12 heteroatoms. The maximum Gasteiger partial charge on any atom is 0.408 e. The second-order valence-corrected chi connectivity index (χ2v) is 16.2. The first-order valence-corrected chi connectivity index (χ1v) is 18.7. The van der Waals surface area contributed by atoms with Gasteiger partial charge in [0.05, 0.1) is 18.7 Å². The SMILES string of the molecule is COC(=O)c1ccc(C(=O)Nc2ccc3c(c2)CN(C(=O)C(NC(=O)OC(C)(C)C)C(C)(C)SC)[C@H](C(=O)NC2CCCc4ccccc42)C3)cc1. The number of aryl methyl sites for hydroxylation is 1. The van der Waals surface area contributed by atoms with Gasteiger partial charge in [-0.25, -0.2) is 9.59 Å². The lowest BCUT2D eigenvalue weighted by Gasteiger charge is -2.42. The summed E-state index contributed by atoms with van der Waals surface area (Å²) >= 11 is 1.42. The van der Waals surface area contributed by atoms with E-state index >= 15 is 0 Å². The van der Waals surface area contributed by atoms with Gasteiger partial charge in [0, 0.05) is 29.0 Å². The fraction of sp³-hybridized carbons (Fsp3) is 0.425. The van der Waals surface area contributed by atoms with Gasteiger partial charge in [0.2, 0.25) is 11.8 Å². The van der Waals surface area contributed by atoms with Gasteiger partial charge in [-0.2, -0.15) is 11.8 Å². The molecule has 3 aromatic carbocycles. The molecule has 0 spiro atoms. The summed E-state index contributed by atoms with van der Waals surface area (Å²) in [6.45, 7) is 9.07. The summed E-state index contributed by atoms with van der Waals surface area (Å²) in [5.41, 5.74) is 4.32. The average molecular weight is 729 g/mol. The summed E-state index contributed by atoms with van der Waals surface area (Å²) in [5.74, 6) is -1.57. The van der Waals surface area contributed by atoms with Crippen molar-refractivity contribution in [3.63, 3.8) is 0 Å². The van der Waals surface area contributed by atoms with Crippen molar-refractivity contribution in [2.24, 2.45) is 0 Å². The van der Waals surface area contributed by atoms with E-state index in [1.165, 1.54) is 36.6 Å². The average Bonchev–Trinajstić information content (AvgIpc) is 3.12. The van der Waals surface area contributed by atoms with Crippen LogP contribution in [0.1, 0.15) is 96.5 Å². The molecule has 4 amide bonds. The van der Waals surface area contributed by atoms with Crippen LogP contribution in [0.25, 0.3) is 0 Å². The molecule has 3 atom stereocenters. The van der Waals surface area contributed by atoms with Crippen molar-refractivity contribution in [2.45, 2.75) is 95.3 Å². The van der Waals surface area contributed by atoms with Crippen LogP contribution >= 0.6 is 11.8 Å². The number of carbonyl (C=O) groups excluding carboxylic acids is 5. The number of hydrogen-bond acceptors (Lipinski definition) is 8. The zero-order valence-electron chi connectivity index (χ0n) is 30.8. The van der Waals surface area contributed by atoms with E-state index in [1.807, 2.05) is 44.4 Å². The third kappa shape index (κ3) is 8.96. The highest BCUT2D eigenvalue weighted by molar-refractivity contribution is 8.00. The number of alkyl carbamates (subject to hydrolysis) is 1. The van der Waals surface area contributed by atoms with Crippen molar-refractivity contribution >= 4 is 47.2 Å². The zero-order valence-corrected chi connectivity index (χ0v) is 31.6.